The molecule has 0 radical (unpaired) electrons. The van der Waals surface area contributed by atoms with E-state index in [9.17, 15) is 0 Å². The van der Waals surface area contributed by atoms with E-state index < -0.39 is 0 Å². The molecule has 1 aromatic heterocycles. The van der Waals surface area contributed by atoms with Crippen molar-refractivity contribution in [3.8, 4) is 0 Å². The molecule has 1 saturated carbocycles. The van der Waals surface area contributed by atoms with Gasteiger partial charge in [0.05, 0.1) is 6.54 Å². The van der Waals surface area contributed by atoms with Crippen molar-refractivity contribution in [2.75, 3.05) is 7.05 Å². The number of hydrogen-bond acceptors (Lipinski definition) is 2. The van der Waals surface area contributed by atoms with E-state index in [0.717, 1.165) is 12.5 Å². The summed E-state index contributed by atoms with van der Waals surface area (Å²) >= 11 is 1.83. The SMILES string of the molecule is CN=C(NCc1ccc(C)s1)NC1CC1c1ccccc1. The summed E-state index contributed by atoms with van der Waals surface area (Å²) in [5.41, 5.74) is 1.42. The molecule has 3 rings (SSSR count). The lowest BCUT2D eigenvalue weighted by molar-refractivity contribution is 0.795. The fraction of sp³-hybridized carbons (Fsp3) is 0.353. The van der Waals surface area contributed by atoms with Crippen molar-refractivity contribution >= 4 is 17.3 Å². The third-order valence-corrected chi connectivity index (χ3v) is 4.79. The van der Waals surface area contributed by atoms with Gasteiger partial charge >= 0.3 is 0 Å². The molecule has 2 atom stereocenters. The van der Waals surface area contributed by atoms with Crippen LogP contribution in [0.2, 0.25) is 0 Å². The van der Waals surface area contributed by atoms with Gasteiger partial charge in [-0.3, -0.25) is 4.99 Å². The summed E-state index contributed by atoms with van der Waals surface area (Å²) in [4.78, 5) is 7.00. The van der Waals surface area contributed by atoms with E-state index in [0.29, 0.717) is 12.0 Å². The summed E-state index contributed by atoms with van der Waals surface area (Å²) in [5, 5.41) is 6.90. The van der Waals surface area contributed by atoms with E-state index in [2.05, 4.69) is 65.0 Å². The second kappa shape index (κ2) is 6.31. The van der Waals surface area contributed by atoms with E-state index in [-0.39, 0.29) is 0 Å². The van der Waals surface area contributed by atoms with Gasteiger partial charge in [-0.2, -0.15) is 0 Å². The molecule has 0 saturated heterocycles. The van der Waals surface area contributed by atoms with Crippen LogP contribution in [-0.2, 0) is 6.54 Å². The Balaban J connectivity index is 1.50. The lowest BCUT2D eigenvalue weighted by Crippen LogP contribution is -2.38. The second-order valence-electron chi connectivity index (χ2n) is 5.44. The largest absolute Gasteiger partial charge is 0.353 e. The van der Waals surface area contributed by atoms with Crippen molar-refractivity contribution in [3.63, 3.8) is 0 Å². The maximum Gasteiger partial charge on any atom is 0.191 e. The summed E-state index contributed by atoms with van der Waals surface area (Å²) < 4.78 is 0. The zero-order chi connectivity index (χ0) is 14.7. The lowest BCUT2D eigenvalue weighted by Gasteiger charge is -2.11. The Morgan fingerprint density at radius 1 is 1.24 bits per heavy atom. The number of nitrogens with zero attached hydrogens (tertiary/aromatic N) is 1. The van der Waals surface area contributed by atoms with Crippen LogP contribution < -0.4 is 10.6 Å². The normalized spacial score (nSPS) is 21.1. The molecule has 1 heterocycles. The minimum atomic E-state index is 0.503. The second-order valence-corrected chi connectivity index (χ2v) is 6.81. The van der Waals surface area contributed by atoms with Gasteiger partial charge in [-0.1, -0.05) is 30.3 Å². The minimum Gasteiger partial charge on any atom is -0.353 e. The number of nitrogens with one attached hydrogen (secondary N) is 2. The highest BCUT2D eigenvalue weighted by Crippen LogP contribution is 2.40. The highest BCUT2D eigenvalue weighted by Gasteiger charge is 2.38. The van der Waals surface area contributed by atoms with Crippen molar-refractivity contribution in [2.24, 2.45) is 4.99 Å². The van der Waals surface area contributed by atoms with Crippen molar-refractivity contribution < 1.29 is 0 Å². The number of benzene rings is 1. The molecule has 0 amide bonds. The summed E-state index contributed by atoms with van der Waals surface area (Å²) in [5.74, 6) is 1.51. The molecule has 2 aromatic rings. The van der Waals surface area contributed by atoms with Crippen LogP contribution in [0, 0.1) is 6.92 Å². The van der Waals surface area contributed by atoms with Gasteiger partial charge in [-0.15, -0.1) is 11.3 Å². The maximum atomic E-state index is 4.32. The number of thiophene rings is 1. The molecular formula is C17H21N3S. The molecule has 1 aromatic carbocycles. The average Bonchev–Trinajstić information content (AvgIpc) is 3.17. The third-order valence-electron chi connectivity index (χ3n) is 3.79. The smallest absolute Gasteiger partial charge is 0.191 e. The van der Waals surface area contributed by atoms with Gasteiger partial charge in [-0.05, 0) is 31.0 Å². The summed E-state index contributed by atoms with van der Waals surface area (Å²) in [6.45, 7) is 2.97. The minimum absolute atomic E-state index is 0.503. The first kappa shape index (κ1) is 14.1. The zero-order valence-corrected chi connectivity index (χ0v) is 13.3. The molecule has 1 aliphatic carbocycles. The van der Waals surface area contributed by atoms with Crippen LogP contribution >= 0.6 is 11.3 Å². The van der Waals surface area contributed by atoms with Gasteiger partial charge in [0.25, 0.3) is 0 Å². The molecule has 3 nitrogen and oxygen atoms in total. The van der Waals surface area contributed by atoms with Crippen LogP contribution in [0.1, 0.15) is 27.7 Å². The Hall–Kier alpha value is -1.81. The summed E-state index contributed by atoms with van der Waals surface area (Å²) in [6, 6.07) is 15.5. The van der Waals surface area contributed by atoms with Gasteiger partial charge in [0, 0.05) is 28.8 Å². The standard InChI is InChI=1S/C17H21N3S/c1-12-8-9-14(21-12)11-19-17(18-2)20-16-10-15(16)13-6-4-3-5-7-13/h3-9,15-16H,10-11H2,1-2H3,(H2,18,19,20). The molecule has 0 aliphatic heterocycles. The molecule has 0 spiro atoms. The topological polar surface area (TPSA) is 36.4 Å². The quantitative estimate of drug-likeness (QED) is 0.671. The van der Waals surface area contributed by atoms with E-state index in [1.165, 1.54) is 21.7 Å². The first-order valence-electron chi connectivity index (χ1n) is 7.33. The van der Waals surface area contributed by atoms with Crippen LogP contribution in [0.4, 0.5) is 0 Å². The van der Waals surface area contributed by atoms with Crippen LogP contribution in [0.25, 0.3) is 0 Å². The van der Waals surface area contributed by atoms with Crippen LogP contribution in [0.3, 0.4) is 0 Å². The lowest BCUT2D eigenvalue weighted by atomic mass is 10.1. The predicted octanol–water partition coefficient (Wildman–Crippen LogP) is 3.28. The van der Waals surface area contributed by atoms with Gasteiger partial charge in [0.2, 0.25) is 0 Å². The predicted molar refractivity (Wildman–Crippen MR) is 90.0 cm³/mol. The highest BCUT2D eigenvalue weighted by molar-refractivity contribution is 7.11. The summed E-state index contributed by atoms with van der Waals surface area (Å²) in [7, 11) is 1.83. The molecule has 21 heavy (non-hydrogen) atoms. The van der Waals surface area contributed by atoms with Crippen molar-refractivity contribution in [3.05, 3.63) is 57.8 Å². The Kier molecular flexibility index (Phi) is 4.25. The molecule has 1 aliphatic rings. The van der Waals surface area contributed by atoms with Gasteiger partial charge < -0.3 is 10.6 Å². The Morgan fingerprint density at radius 3 is 2.71 bits per heavy atom. The van der Waals surface area contributed by atoms with Crippen molar-refractivity contribution in [2.45, 2.75) is 31.8 Å². The van der Waals surface area contributed by atoms with Gasteiger partial charge in [-0.25, -0.2) is 0 Å². The number of hydrogen-bond donors (Lipinski definition) is 2. The monoisotopic (exact) mass is 299 g/mol. The zero-order valence-electron chi connectivity index (χ0n) is 12.5. The fourth-order valence-corrected chi connectivity index (χ4v) is 3.37. The van der Waals surface area contributed by atoms with Crippen LogP contribution in [0.15, 0.2) is 47.5 Å². The Morgan fingerprint density at radius 2 is 2.05 bits per heavy atom. The Labute approximate surface area is 130 Å². The number of guanidine groups is 1. The fourth-order valence-electron chi connectivity index (χ4n) is 2.54. The van der Waals surface area contributed by atoms with Crippen molar-refractivity contribution in [1.29, 1.82) is 0 Å². The van der Waals surface area contributed by atoms with Crippen molar-refractivity contribution in [1.82, 2.24) is 10.6 Å². The average molecular weight is 299 g/mol. The first-order valence-corrected chi connectivity index (χ1v) is 8.15. The van der Waals surface area contributed by atoms with E-state index in [1.807, 2.05) is 18.4 Å². The van der Waals surface area contributed by atoms with E-state index in [4.69, 9.17) is 0 Å². The molecule has 2 unspecified atom stereocenters. The molecule has 110 valence electrons. The number of aliphatic imine (C=N–C) groups is 1. The Bertz CT molecular complexity index is 618. The molecule has 4 heteroatoms. The van der Waals surface area contributed by atoms with Gasteiger partial charge in [0.1, 0.15) is 0 Å². The molecule has 2 N–H and O–H groups in total. The van der Waals surface area contributed by atoms with E-state index in [1.54, 1.807) is 0 Å². The van der Waals surface area contributed by atoms with Gasteiger partial charge in [0.15, 0.2) is 5.96 Å². The highest BCUT2D eigenvalue weighted by atomic mass is 32.1. The molecular weight excluding hydrogens is 278 g/mol. The summed E-state index contributed by atoms with van der Waals surface area (Å²) in [6.07, 6.45) is 1.18. The number of rotatable bonds is 4. The molecule has 0 bridgehead atoms. The van der Waals surface area contributed by atoms with Crippen LogP contribution in [-0.4, -0.2) is 19.0 Å². The maximum absolute atomic E-state index is 4.32. The van der Waals surface area contributed by atoms with E-state index >= 15 is 0 Å². The van der Waals surface area contributed by atoms with Crippen LogP contribution in [0.5, 0.6) is 0 Å². The molecule has 1 fully saturated rings. The number of aryl methyl sites for hydroxylation is 1. The third kappa shape index (κ3) is 3.64. The first-order chi connectivity index (χ1) is 10.3.